The van der Waals surface area contributed by atoms with Crippen LogP contribution in [-0.4, -0.2) is 86.9 Å². The van der Waals surface area contributed by atoms with Gasteiger partial charge in [0.1, 0.15) is 11.6 Å². The number of sulfonamides is 1. The predicted octanol–water partition coefficient (Wildman–Crippen LogP) is 5.59. The molecule has 3 aromatic rings. The minimum atomic E-state index is -4.10. The molecule has 0 bridgehead atoms. The fourth-order valence-electron chi connectivity index (χ4n) is 5.37. The van der Waals surface area contributed by atoms with Crippen molar-refractivity contribution in [3.63, 3.8) is 0 Å². The number of para-hydroxylation sites is 1. The molecule has 1 aliphatic heterocycles. The summed E-state index contributed by atoms with van der Waals surface area (Å²) in [6.45, 7) is 6.08. The van der Waals surface area contributed by atoms with Gasteiger partial charge in [0.2, 0.25) is 0 Å². The molecule has 3 aromatic carbocycles. The monoisotopic (exact) mass is 684 g/mol. The second-order valence-corrected chi connectivity index (χ2v) is 13.9. The number of nitrogens with one attached hydrogen (secondary N) is 2. The third-order valence-corrected chi connectivity index (χ3v) is 9.65. The number of amides is 3. The summed E-state index contributed by atoms with van der Waals surface area (Å²) in [5, 5.41) is 13.1. The van der Waals surface area contributed by atoms with Crippen molar-refractivity contribution in [2.75, 3.05) is 43.4 Å². The Labute approximate surface area is 282 Å². The second-order valence-electron chi connectivity index (χ2n) is 12.2. The minimum absolute atomic E-state index is 0.112. The van der Waals surface area contributed by atoms with E-state index in [1.165, 1.54) is 17.0 Å². The number of aliphatic hydroxyl groups excluding tert-OH is 1. The van der Waals surface area contributed by atoms with E-state index in [0.29, 0.717) is 18.7 Å². The number of carbonyl (C=O) groups excluding carboxylic acids is 2. The molecule has 3 amide bonds. The Balaban J connectivity index is 1.63. The number of urea groups is 1. The normalized spacial score (nSPS) is 20.1. The molecule has 48 heavy (non-hydrogen) atoms. The van der Waals surface area contributed by atoms with Crippen LogP contribution in [0.15, 0.2) is 77.7 Å². The van der Waals surface area contributed by atoms with Crippen LogP contribution in [0.2, 0.25) is 0 Å². The van der Waals surface area contributed by atoms with Crippen molar-refractivity contribution in [2.24, 2.45) is 5.92 Å². The van der Waals surface area contributed by atoms with Crippen LogP contribution in [-0.2, 0) is 14.8 Å². The van der Waals surface area contributed by atoms with Crippen LogP contribution in [0.1, 0.15) is 50.4 Å². The maximum Gasteiger partial charge on any atom is 0.321 e. The summed E-state index contributed by atoms with van der Waals surface area (Å²) in [4.78, 5) is 30.3. The summed E-state index contributed by atoms with van der Waals surface area (Å²) < 4.78 is 54.6. The first-order valence-corrected chi connectivity index (χ1v) is 17.6. The van der Waals surface area contributed by atoms with E-state index in [1.807, 2.05) is 32.0 Å². The zero-order valence-electron chi connectivity index (χ0n) is 27.8. The van der Waals surface area contributed by atoms with Gasteiger partial charge in [-0.15, -0.1) is 0 Å². The number of rotatable bonds is 8. The molecule has 3 N–H and O–H groups in total. The SMILES string of the molecule is C[C@H](CO)N1C[C@H](C)[C@@H](CN(C)C(=O)Nc2ccccc2)OCCCC[C@H](C)Oc2ccc(NS(=O)(=O)c3ccc(F)cc3)cc2C1=O. The van der Waals surface area contributed by atoms with Crippen LogP contribution in [0.3, 0.4) is 0 Å². The van der Waals surface area contributed by atoms with Gasteiger partial charge in [-0.1, -0.05) is 25.1 Å². The first-order valence-electron chi connectivity index (χ1n) is 16.1. The molecule has 0 aliphatic carbocycles. The Kier molecular flexibility index (Phi) is 12.8. The average molecular weight is 685 g/mol. The molecule has 11 nitrogen and oxygen atoms in total. The number of likely N-dealkylation sites (N-methyl/N-ethyl adjacent to an activating group) is 1. The highest BCUT2D eigenvalue weighted by Crippen LogP contribution is 2.29. The van der Waals surface area contributed by atoms with Crippen molar-refractivity contribution in [3.05, 3.63) is 84.2 Å². The summed E-state index contributed by atoms with van der Waals surface area (Å²) in [5.74, 6) is -1.04. The van der Waals surface area contributed by atoms with Gasteiger partial charge < -0.3 is 29.7 Å². The number of fused-ring (bicyclic) bond motifs is 1. The lowest BCUT2D eigenvalue weighted by Gasteiger charge is -2.35. The molecular weight excluding hydrogens is 639 g/mol. The summed E-state index contributed by atoms with van der Waals surface area (Å²) in [6, 6.07) is 17.1. The summed E-state index contributed by atoms with van der Waals surface area (Å²) >= 11 is 0. The van der Waals surface area contributed by atoms with E-state index < -0.39 is 33.9 Å². The van der Waals surface area contributed by atoms with Crippen molar-refractivity contribution in [2.45, 2.75) is 63.2 Å². The van der Waals surface area contributed by atoms with Crippen LogP contribution in [0.4, 0.5) is 20.6 Å². The van der Waals surface area contributed by atoms with Crippen molar-refractivity contribution < 1.29 is 37.0 Å². The van der Waals surface area contributed by atoms with E-state index in [1.54, 1.807) is 37.1 Å². The Bertz CT molecular complexity index is 1630. The van der Waals surface area contributed by atoms with E-state index in [-0.39, 0.29) is 59.6 Å². The Morgan fingerprint density at radius 1 is 1.06 bits per heavy atom. The third kappa shape index (κ3) is 9.91. The lowest BCUT2D eigenvalue weighted by Crippen LogP contribution is -2.48. The van der Waals surface area contributed by atoms with Gasteiger partial charge in [0.15, 0.2) is 0 Å². The van der Waals surface area contributed by atoms with Gasteiger partial charge in [-0.25, -0.2) is 17.6 Å². The maximum atomic E-state index is 14.3. The number of hydrogen-bond acceptors (Lipinski definition) is 7. The topological polar surface area (TPSA) is 138 Å². The highest BCUT2D eigenvalue weighted by Gasteiger charge is 2.31. The number of halogens is 1. The molecule has 0 aromatic heterocycles. The van der Waals surface area contributed by atoms with Crippen molar-refractivity contribution >= 4 is 33.3 Å². The van der Waals surface area contributed by atoms with Gasteiger partial charge in [0.05, 0.1) is 35.3 Å². The number of aliphatic hydroxyl groups is 1. The fraction of sp³-hybridized carbons (Fsp3) is 0.429. The van der Waals surface area contributed by atoms with Crippen molar-refractivity contribution in [1.29, 1.82) is 0 Å². The lowest BCUT2D eigenvalue weighted by molar-refractivity contribution is -0.0115. The molecule has 0 radical (unpaired) electrons. The number of hydrogen-bond donors (Lipinski definition) is 3. The summed E-state index contributed by atoms with van der Waals surface area (Å²) in [5.41, 5.74) is 0.889. The van der Waals surface area contributed by atoms with E-state index in [4.69, 9.17) is 9.47 Å². The molecule has 260 valence electrons. The molecule has 0 unspecified atom stereocenters. The van der Waals surface area contributed by atoms with Gasteiger partial charge >= 0.3 is 6.03 Å². The zero-order chi connectivity index (χ0) is 34.8. The highest BCUT2D eigenvalue weighted by molar-refractivity contribution is 7.92. The van der Waals surface area contributed by atoms with Gasteiger partial charge in [-0.2, -0.15) is 0 Å². The van der Waals surface area contributed by atoms with Crippen LogP contribution in [0, 0.1) is 11.7 Å². The number of ether oxygens (including phenoxy) is 2. The molecule has 0 saturated carbocycles. The number of benzene rings is 3. The van der Waals surface area contributed by atoms with Gasteiger partial charge in [-0.05, 0) is 87.7 Å². The molecule has 1 aliphatic rings. The largest absolute Gasteiger partial charge is 0.490 e. The first-order chi connectivity index (χ1) is 22.9. The van der Waals surface area contributed by atoms with E-state index >= 15 is 0 Å². The number of anilines is 2. The Hall–Kier alpha value is -4.20. The third-order valence-electron chi connectivity index (χ3n) is 8.25. The maximum absolute atomic E-state index is 14.3. The number of nitrogens with zero attached hydrogens (tertiary/aromatic N) is 2. The molecule has 0 fully saturated rings. The van der Waals surface area contributed by atoms with E-state index in [0.717, 1.165) is 37.1 Å². The molecule has 4 atom stereocenters. The van der Waals surface area contributed by atoms with Gasteiger partial charge in [0.25, 0.3) is 15.9 Å². The van der Waals surface area contributed by atoms with Crippen molar-refractivity contribution in [1.82, 2.24) is 9.80 Å². The molecule has 0 spiro atoms. The van der Waals surface area contributed by atoms with Crippen molar-refractivity contribution in [3.8, 4) is 5.75 Å². The molecule has 0 saturated heterocycles. The minimum Gasteiger partial charge on any atom is -0.490 e. The van der Waals surface area contributed by atoms with Gasteiger partial charge in [-0.3, -0.25) is 9.52 Å². The Morgan fingerprint density at radius 2 is 1.77 bits per heavy atom. The lowest BCUT2D eigenvalue weighted by atomic mass is 10.0. The van der Waals surface area contributed by atoms with E-state index in [9.17, 15) is 27.5 Å². The molecule has 13 heteroatoms. The van der Waals surface area contributed by atoms with E-state index in [2.05, 4.69) is 10.0 Å². The van der Waals surface area contributed by atoms with Gasteiger partial charge in [0, 0.05) is 44.0 Å². The first kappa shape index (κ1) is 36.6. The molecule has 4 rings (SSSR count). The van der Waals surface area contributed by atoms with Crippen LogP contribution in [0.25, 0.3) is 0 Å². The van der Waals surface area contributed by atoms with Crippen LogP contribution in [0.5, 0.6) is 5.75 Å². The smallest absolute Gasteiger partial charge is 0.321 e. The second kappa shape index (κ2) is 16.8. The quantitative estimate of drug-likeness (QED) is 0.282. The average Bonchev–Trinajstić information content (AvgIpc) is 3.06. The standard InChI is InChI=1S/C35H45FN4O7S/c1-24-21-40(25(2)23-41)34(42)31-20-29(38-48(44,45)30-16-13-27(36)14-17-30)15-18-32(31)47-26(3)10-8-9-19-46-33(24)22-39(4)35(43)37-28-11-6-5-7-12-28/h5-7,11-18,20,24-26,33,38,41H,8-10,19,21-23H2,1-4H3,(H,37,43)/t24-,25+,26-,33+/m0/s1. The summed E-state index contributed by atoms with van der Waals surface area (Å²) in [6.07, 6.45) is 1.50. The number of carbonyl (C=O) groups is 2. The highest BCUT2D eigenvalue weighted by atomic mass is 32.2. The Morgan fingerprint density at radius 3 is 2.46 bits per heavy atom. The molecular formula is C35H45FN4O7S. The zero-order valence-corrected chi connectivity index (χ0v) is 28.6. The predicted molar refractivity (Wildman–Crippen MR) is 182 cm³/mol. The molecule has 1 heterocycles. The summed E-state index contributed by atoms with van der Waals surface area (Å²) in [7, 11) is -2.42. The van der Waals surface area contributed by atoms with Crippen LogP contribution < -0.4 is 14.8 Å². The van der Waals surface area contributed by atoms with Crippen LogP contribution >= 0.6 is 0 Å². The fourth-order valence-corrected chi connectivity index (χ4v) is 6.42.